The van der Waals surface area contributed by atoms with Crippen molar-refractivity contribution < 1.29 is 4.79 Å². The van der Waals surface area contributed by atoms with Gasteiger partial charge in [0, 0.05) is 19.5 Å². The molecule has 1 N–H and O–H groups in total. The smallest absolute Gasteiger partial charge is 0.224 e. The first-order valence-corrected chi connectivity index (χ1v) is 7.55. The molecular formula is C16H22N6O. The zero-order valence-electron chi connectivity index (χ0n) is 13.5. The normalized spacial score (nSPS) is 11.9. The molecule has 7 nitrogen and oxygen atoms in total. The lowest BCUT2D eigenvalue weighted by Crippen LogP contribution is -2.35. The van der Waals surface area contributed by atoms with E-state index >= 15 is 0 Å². The van der Waals surface area contributed by atoms with Gasteiger partial charge in [-0.05, 0) is 42.1 Å². The van der Waals surface area contributed by atoms with Gasteiger partial charge in [-0.15, -0.1) is 11.7 Å². The first kappa shape index (κ1) is 16.8. The molecule has 2 aromatic rings. The average Bonchev–Trinajstić information content (AvgIpc) is 3.11. The van der Waals surface area contributed by atoms with Crippen LogP contribution in [0.1, 0.15) is 24.9 Å². The highest BCUT2D eigenvalue weighted by Gasteiger charge is 2.20. The second-order valence-corrected chi connectivity index (χ2v) is 5.21. The number of rotatable bonds is 8. The number of nitrogens with zero attached hydrogens (tertiary/aromatic N) is 5. The quantitative estimate of drug-likeness (QED) is 0.744. The molecule has 1 atom stereocenters. The lowest BCUT2D eigenvalue weighted by Gasteiger charge is -2.29. The van der Waals surface area contributed by atoms with E-state index < -0.39 is 0 Å². The van der Waals surface area contributed by atoms with Crippen molar-refractivity contribution in [3.8, 4) is 5.69 Å². The van der Waals surface area contributed by atoms with E-state index in [4.69, 9.17) is 0 Å². The van der Waals surface area contributed by atoms with Gasteiger partial charge in [-0.3, -0.25) is 4.79 Å². The monoisotopic (exact) mass is 314 g/mol. The molecule has 0 saturated heterocycles. The van der Waals surface area contributed by atoms with Gasteiger partial charge in [0.05, 0.1) is 11.7 Å². The number of aromatic nitrogens is 4. The van der Waals surface area contributed by atoms with Crippen molar-refractivity contribution in [3.63, 3.8) is 0 Å². The fourth-order valence-electron chi connectivity index (χ4n) is 2.38. The van der Waals surface area contributed by atoms with Gasteiger partial charge >= 0.3 is 0 Å². The van der Waals surface area contributed by atoms with Crippen molar-refractivity contribution in [3.05, 3.63) is 48.8 Å². The highest BCUT2D eigenvalue weighted by molar-refractivity contribution is 5.77. The van der Waals surface area contributed by atoms with Gasteiger partial charge in [-0.1, -0.05) is 18.2 Å². The summed E-state index contributed by atoms with van der Waals surface area (Å²) in [6.45, 7) is 6.94. The average molecular weight is 314 g/mol. The molecule has 0 bridgehead atoms. The Bertz CT molecular complexity index is 640. The summed E-state index contributed by atoms with van der Waals surface area (Å²) in [5.74, 6) is 0.0968. The van der Waals surface area contributed by atoms with E-state index in [-0.39, 0.29) is 11.9 Å². The Labute approximate surface area is 136 Å². The van der Waals surface area contributed by atoms with E-state index in [1.54, 1.807) is 17.1 Å². The van der Waals surface area contributed by atoms with E-state index in [0.29, 0.717) is 19.5 Å². The van der Waals surface area contributed by atoms with Crippen LogP contribution < -0.4 is 5.32 Å². The minimum atomic E-state index is -0.0613. The number of amides is 1. The van der Waals surface area contributed by atoms with Gasteiger partial charge in [0.2, 0.25) is 5.91 Å². The highest BCUT2D eigenvalue weighted by atomic mass is 16.2. The Morgan fingerprint density at radius 1 is 1.52 bits per heavy atom. The Hall–Kier alpha value is -2.54. The lowest BCUT2D eigenvalue weighted by atomic mass is 10.1. The molecule has 2 rings (SSSR count). The molecule has 122 valence electrons. The first-order chi connectivity index (χ1) is 11.2. The Balaban J connectivity index is 2.22. The molecule has 7 heteroatoms. The Morgan fingerprint density at radius 3 is 3.00 bits per heavy atom. The number of carbonyl (C=O) groups excluding carboxylic acids is 1. The van der Waals surface area contributed by atoms with Crippen LogP contribution in [-0.4, -0.2) is 51.2 Å². The van der Waals surface area contributed by atoms with E-state index in [2.05, 4.69) is 27.4 Å². The third kappa shape index (κ3) is 4.23. The summed E-state index contributed by atoms with van der Waals surface area (Å²) in [6, 6.07) is 7.79. The maximum absolute atomic E-state index is 12.4. The van der Waals surface area contributed by atoms with Crippen molar-refractivity contribution in [1.29, 1.82) is 0 Å². The number of carbonyl (C=O) groups is 1. The Kier molecular flexibility index (Phi) is 5.99. The van der Waals surface area contributed by atoms with Crippen molar-refractivity contribution >= 4 is 5.91 Å². The molecule has 23 heavy (non-hydrogen) atoms. The van der Waals surface area contributed by atoms with Crippen LogP contribution in [0.3, 0.4) is 0 Å². The van der Waals surface area contributed by atoms with E-state index in [1.165, 1.54) is 0 Å². The molecule has 1 aromatic heterocycles. The summed E-state index contributed by atoms with van der Waals surface area (Å²) in [7, 11) is 1.84. The minimum Gasteiger partial charge on any atom is -0.332 e. The fourth-order valence-corrected chi connectivity index (χ4v) is 2.38. The van der Waals surface area contributed by atoms with Crippen molar-refractivity contribution in [2.24, 2.45) is 0 Å². The van der Waals surface area contributed by atoms with Crippen LogP contribution in [0.15, 0.2) is 43.2 Å². The topological polar surface area (TPSA) is 75.9 Å². The molecule has 1 amide bonds. The van der Waals surface area contributed by atoms with E-state index in [9.17, 15) is 4.79 Å². The predicted molar refractivity (Wildman–Crippen MR) is 88.0 cm³/mol. The molecule has 0 aliphatic heterocycles. The van der Waals surface area contributed by atoms with Crippen LogP contribution in [0.4, 0.5) is 0 Å². The lowest BCUT2D eigenvalue weighted by molar-refractivity contribution is -0.132. The van der Waals surface area contributed by atoms with Crippen LogP contribution in [0.25, 0.3) is 5.69 Å². The summed E-state index contributed by atoms with van der Waals surface area (Å²) in [6.07, 6.45) is 3.75. The largest absolute Gasteiger partial charge is 0.332 e. The van der Waals surface area contributed by atoms with Crippen LogP contribution in [0, 0.1) is 0 Å². The van der Waals surface area contributed by atoms with Gasteiger partial charge in [0.1, 0.15) is 6.33 Å². The van der Waals surface area contributed by atoms with E-state index in [1.807, 2.05) is 43.1 Å². The first-order valence-electron chi connectivity index (χ1n) is 7.55. The molecule has 1 aromatic carbocycles. The second-order valence-electron chi connectivity index (χ2n) is 5.21. The molecule has 1 unspecified atom stereocenters. The number of hydrogen-bond acceptors (Lipinski definition) is 5. The number of benzene rings is 1. The summed E-state index contributed by atoms with van der Waals surface area (Å²) in [4.78, 5) is 14.2. The minimum absolute atomic E-state index is 0.0613. The SMILES string of the molecule is C=CCN(C(=O)CCNC)C(C)c1cccc(-n2cnnn2)c1. The summed E-state index contributed by atoms with van der Waals surface area (Å²) < 4.78 is 1.59. The molecule has 0 aliphatic rings. The van der Waals surface area contributed by atoms with Crippen LogP contribution >= 0.6 is 0 Å². The predicted octanol–water partition coefficient (Wildman–Crippen LogP) is 1.35. The molecule has 0 saturated carbocycles. The molecular weight excluding hydrogens is 292 g/mol. The van der Waals surface area contributed by atoms with Crippen LogP contribution in [0.2, 0.25) is 0 Å². The zero-order chi connectivity index (χ0) is 16.7. The van der Waals surface area contributed by atoms with Gasteiger partial charge in [0.25, 0.3) is 0 Å². The fraction of sp³-hybridized carbons (Fsp3) is 0.375. The van der Waals surface area contributed by atoms with Gasteiger partial charge in [0.15, 0.2) is 0 Å². The third-order valence-corrected chi connectivity index (χ3v) is 3.67. The van der Waals surface area contributed by atoms with Crippen molar-refractivity contribution in [2.45, 2.75) is 19.4 Å². The molecule has 1 heterocycles. The molecule has 0 fully saturated rings. The summed E-state index contributed by atoms with van der Waals surface area (Å²) in [5, 5.41) is 14.2. The molecule has 0 radical (unpaired) electrons. The number of tetrazole rings is 1. The Morgan fingerprint density at radius 2 is 2.35 bits per heavy atom. The van der Waals surface area contributed by atoms with Crippen molar-refractivity contribution in [1.82, 2.24) is 30.4 Å². The maximum atomic E-state index is 12.4. The number of hydrogen-bond donors (Lipinski definition) is 1. The number of nitrogens with one attached hydrogen (secondary N) is 1. The van der Waals surface area contributed by atoms with Crippen molar-refractivity contribution in [2.75, 3.05) is 20.1 Å². The molecule has 0 spiro atoms. The highest BCUT2D eigenvalue weighted by Crippen LogP contribution is 2.23. The summed E-state index contributed by atoms with van der Waals surface area (Å²) >= 11 is 0. The van der Waals surface area contributed by atoms with Crippen LogP contribution in [0.5, 0.6) is 0 Å². The van der Waals surface area contributed by atoms with Crippen LogP contribution in [-0.2, 0) is 4.79 Å². The van der Waals surface area contributed by atoms with E-state index in [0.717, 1.165) is 11.3 Å². The standard InChI is InChI=1S/C16H22N6O/c1-4-10-21(16(23)8-9-17-3)13(2)14-6-5-7-15(11-14)22-12-18-19-20-22/h4-7,11-13,17H,1,8-10H2,2-3H3. The summed E-state index contributed by atoms with van der Waals surface area (Å²) in [5.41, 5.74) is 1.89. The molecule has 0 aliphatic carbocycles. The third-order valence-electron chi connectivity index (χ3n) is 3.67. The second kappa shape index (κ2) is 8.19. The van der Waals surface area contributed by atoms with Gasteiger partial charge < -0.3 is 10.2 Å². The van der Waals surface area contributed by atoms with Gasteiger partial charge in [-0.2, -0.15) is 0 Å². The maximum Gasteiger partial charge on any atom is 0.224 e. The zero-order valence-corrected chi connectivity index (χ0v) is 13.5. The van der Waals surface area contributed by atoms with Gasteiger partial charge in [-0.25, -0.2) is 4.68 Å².